The van der Waals surface area contributed by atoms with Crippen LogP contribution < -0.4 is 10.9 Å². The maximum Gasteiger partial charge on any atom is 0.346 e. The van der Waals surface area contributed by atoms with E-state index >= 15 is 0 Å². The molecule has 0 aliphatic carbocycles. The Morgan fingerprint density at radius 2 is 1.82 bits per heavy atom. The van der Waals surface area contributed by atoms with Gasteiger partial charge in [-0.1, -0.05) is 60.3 Å². The van der Waals surface area contributed by atoms with Crippen LogP contribution in [0.15, 0.2) is 74.9 Å². The molecule has 28 heavy (non-hydrogen) atoms. The second-order valence-corrected chi connectivity index (χ2v) is 7.50. The lowest BCUT2D eigenvalue weighted by atomic mass is 10.2. The number of fused-ring (bicyclic) bond motifs is 1. The predicted molar refractivity (Wildman–Crippen MR) is 108 cm³/mol. The van der Waals surface area contributed by atoms with Gasteiger partial charge in [0.2, 0.25) is 5.91 Å². The molecule has 4 rings (SSSR count). The van der Waals surface area contributed by atoms with Gasteiger partial charge in [-0.25, -0.2) is 9.79 Å². The second-order valence-electron chi connectivity index (χ2n) is 6.31. The molecule has 7 heteroatoms. The Labute approximate surface area is 164 Å². The molecule has 2 aromatic carbocycles. The van der Waals surface area contributed by atoms with E-state index in [1.54, 1.807) is 18.2 Å². The number of para-hydroxylation sites is 1. The van der Waals surface area contributed by atoms with E-state index in [9.17, 15) is 14.4 Å². The average molecular weight is 392 g/mol. The molecule has 0 unspecified atom stereocenters. The van der Waals surface area contributed by atoms with Crippen LogP contribution in [-0.2, 0) is 16.1 Å². The smallest absolute Gasteiger partial charge is 0.346 e. The molecule has 2 heterocycles. The number of hydrogen-bond donors (Lipinski definition) is 1. The van der Waals surface area contributed by atoms with Gasteiger partial charge in [0.05, 0.1) is 5.56 Å². The second kappa shape index (κ2) is 7.82. The molecular formula is C21H16N2O4S. The highest BCUT2D eigenvalue weighted by Crippen LogP contribution is 2.29. The van der Waals surface area contributed by atoms with Crippen LogP contribution in [0.1, 0.15) is 17.5 Å². The molecule has 1 aliphatic rings. The minimum absolute atomic E-state index is 0.00223. The number of carbonyl (C=O) groups excluding carboxylic acids is 2. The summed E-state index contributed by atoms with van der Waals surface area (Å²) in [5.74, 6) is -0.654. The van der Waals surface area contributed by atoms with Crippen LogP contribution in [-0.4, -0.2) is 22.1 Å². The maximum atomic E-state index is 12.3. The molecule has 1 N–H and O–H groups in total. The molecule has 0 bridgehead atoms. The van der Waals surface area contributed by atoms with Gasteiger partial charge in [-0.05, 0) is 17.7 Å². The molecule has 1 aromatic heterocycles. The molecule has 6 nitrogen and oxygen atoms in total. The quantitative estimate of drug-likeness (QED) is 0.675. The zero-order valence-corrected chi connectivity index (χ0v) is 15.6. The number of thioether (sulfide) groups is 1. The largest absolute Gasteiger partial charge is 0.422 e. The lowest BCUT2D eigenvalue weighted by molar-refractivity contribution is -0.124. The third-order valence-electron chi connectivity index (χ3n) is 4.32. The summed E-state index contributed by atoms with van der Waals surface area (Å²) in [6.07, 6.45) is 0.00223. The van der Waals surface area contributed by atoms with Gasteiger partial charge < -0.3 is 9.73 Å². The lowest BCUT2D eigenvalue weighted by Gasteiger charge is -2.08. The summed E-state index contributed by atoms with van der Waals surface area (Å²) < 4.78 is 5.30. The van der Waals surface area contributed by atoms with Crippen LogP contribution in [0.25, 0.3) is 11.0 Å². The fraction of sp³-hybridized carbons (Fsp3) is 0.143. The molecule has 0 radical (unpaired) electrons. The number of rotatable bonds is 5. The molecular weight excluding hydrogens is 376 g/mol. The zero-order valence-electron chi connectivity index (χ0n) is 14.8. The molecule has 0 saturated heterocycles. The fourth-order valence-electron chi connectivity index (χ4n) is 2.88. The molecule has 0 saturated carbocycles. The van der Waals surface area contributed by atoms with Crippen molar-refractivity contribution < 1.29 is 14.0 Å². The summed E-state index contributed by atoms with van der Waals surface area (Å²) in [5, 5.41) is 3.20. The van der Waals surface area contributed by atoms with Crippen LogP contribution in [0.2, 0.25) is 0 Å². The summed E-state index contributed by atoms with van der Waals surface area (Å²) >= 11 is 1.12. The minimum Gasteiger partial charge on any atom is -0.422 e. The number of nitrogens with zero attached hydrogens (tertiary/aromatic N) is 1. The summed E-state index contributed by atoms with van der Waals surface area (Å²) in [5.41, 5.74) is 1.14. The van der Waals surface area contributed by atoms with Crippen LogP contribution in [0.4, 0.5) is 0 Å². The van der Waals surface area contributed by atoms with Gasteiger partial charge in [0.1, 0.15) is 15.9 Å². The van der Waals surface area contributed by atoms with E-state index in [-0.39, 0.29) is 17.9 Å². The molecule has 140 valence electrons. The van der Waals surface area contributed by atoms with Crippen LogP contribution in [0.3, 0.4) is 0 Å². The Morgan fingerprint density at radius 3 is 2.64 bits per heavy atom. The van der Waals surface area contributed by atoms with Gasteiger partial charge in [-0.3, -0.25) is 9.59 Å². The lowest BCUT2D eigenvalue weighted by Crippen LogP contribution is -2.27. The first kappa shape index (κ1) is 18.2. The SMILES string of the molecule is O=C(C[C@@H]1SC(c2cc3ccccc3oc2=O)=NC1=O)NCc1ccccc1. The van der Waals surface area contributed by atoms with E-state index in [1.165, 1.54) is 0 Å². The fourth-order valence-corrected chi connectivity index (χ4v) is 3.95. The number of carbonyl (C=O) groups is 2. The first-order valence-corrected chi connectivity index (χ1v) is 9.61. The highest BCUT2D eigenvalue weighted by Gasteiger charge is 2.32. The molecule has 0 spiro atoms. The zero-order chi connectivity index (χ0) is 19.5. The Balaban J connectivity index is 1.43. The average Bonchev–Trinajstić information content (AvgIpc) is 3.06. The monoisotopic (exact) mass is 392 g/mol. The van der Waals surface area contributed by atoms with Gasteiger partial charge in [-0.2, -0.15) is 0 Å². The molecule has 0 fully saturated rings. The Bertz CT molecular complexity index is 1140. The van der Waals surface area contributed by atoms with E-state index in [4.69, 9.17) is 4.42 Å². The van der Waals surface area contributed by atoms with Crippen molar-refractivity contribution >= 4 is 39.6 Å². The van der Waals surface area contributed by atoms with Crippen LogP contribution >= 0.6 is 11.8 Å². The first-order valence-electron chi connectivity index (χ1n) is 8.73. The molecule has 1 aliphatic heterocycles. The molecule has 2 amide bonds. The van der Waals surface area contributed by atoms with Gasteiger partial charge in [0.15, 0.2) is 0 Å². The van der Waals surface area contributed by atoms with Crippen LogP contribution in [0, 0.1) is 0 Å². The van der Waals surface area contributed by atoms with E-state index in [1.807, 2.05) is 42.5 Å². The van der Waals surface area contributed by atoms with Crippen molar-refractivity contribution in [3.05, 3.63) is 82.2 Å². The van der Waals surface area contributed by atoms with Crippen molar-refractivity contribution in [2.75, 3.05) is 0 Å². The summed E-state index contributed by atoms with van der Waals surface area (Å²) in [6, 6.07) is 18.3. The Hall–Kier alpha value is -3.19. The number of nitrogens with one attached hydrogen (secondary N) is 1. The predicted octanol–water partition coefficient (Wildman–Crippen LogP) is 2.89. The third kappa shape index (κ3) is 3.89. The number of aliphatic imine (C=N–C) groups is 1. The molecule has 3 aromatic rings. The summed E-state index contributed by atoms with van der Waals surface area (Å²) in [6.45, 7) is 0.396. The van der Waals surface area contributed by atoms with Crippen molar-refractivity contribution in [3.63, 3.8) is 0 Å². The number of amides is 2. The van der Waals surface area contributed by atoms with E-state index in [0.717, 1.165) is 22.7 Å². The summed E-state index contributed by atoms with van der Waals surface area (Å²) in [7, 11) is 0. The van der Waals surface area contributed by atoms with Gasteiger partial charge in [-0.15, -0.1) is 0 Å². The number of benzene rings is 2. The van der Waals surface area contributed by atoms with E-state index in [0.29, 0.717) is 17.2 Å². The Morgan fingerprint density at radius 1 is 1.07 bits per heavy atom. The van der Waals surface area contributed by atoms with Crippen molar-refractivity contribution in [1.29, 1.82) is 0 Å². The van der Waals surface area contributed by atoms with Gasteiger partial charge >= 0.3 is 5.63 Å². The number of hydrogen-bond acceptors (Lipinski definition) is 5. The van der Waals surface area contributed by atoms with Crippen molar-refractivity contribution in [1.82, 2.24) is 5.32 Å². The maximum absolute atomic E-state index is 12.3. The highest BCUT2D eigenvalue weighted by atomic mass is 32.2. The van der Waals surface area contributed by atoms with Crippen molar-refractivity contribution in [2.24, 2.45) is 4.99 Å². The highest BCUT2D eigenvalue weighted by molar-refractivity contribution is 8.16. The molecule has 1 atom stereocenters. The normalized spacial score (nSPS) is 16.2. The Kier molecular flexibility index (Phi) is 5.08. The summed E-state index contributed by atoms with van der Waals surface area (Å²) in [4.78, 5) is 40.7. The van der Waals surface area contributed by atoms with E-state index in [2.05, 4.69) is 10.3 Å². The van der Waals surface area contributed by atoms with Gasteiger partial charge in [0.25, 0.3) is 5.91 Å². The third-order valence-corrected chi connectivity index (χ3v) is 5.50. The standard InChI is InChI=1S/C21H16N2O4S/c24-18(22-12-13-6-2-1-3-7-13)11-17-19(25)23-20(28-17)15-10-14-8-4-5-9-16(14)27-21(15)26/h1-10,17H,11-12H2,(H,22,24)/t17-/m0/s1. The van der Waals surface area contributed by atoms with Crippen molar-refractivity contribution in [3.8, 4) is 0 Å². The van der Waals surface area contributed by atoms with Crippen molar-refractivity contribution in [2.45, 2.75) is 18.2 Å². The van der Waals surface area contributed by atoms with Crippen LogP contribution in [0.5, 0.6) is 0 Å². The van der Waals surface area contributed by atoms with Gasteiger partial charge in [0, 0.05) is 18.4 Å². The van der Waals surface area contributed by atoms with E-state index < -0.39 is 16.8 Å². The minimum atomic E-state index is -0.642. The topological polar surface area (TPSA) is 88.7 Å². The first-order chi connectivity index (χ1) is 13.6.